The number of benzene rings is 2. The van der Waals surface area contributed by atoms with E-state index in [0.717, 1.165) is 17.0 Å². The number of nitrogens with two attached hydrogens (primary N) is 1. The maximum absolute atomic E-state index is 13.7. The van der Waals surface area contributed by atoms with Crippen LogP contribution in [0.4, 0.5) is 25.8 Å². The van der Waals surface area contributed by atoms with E-state index in [-0.39, 0.29) is 5.69 Å². The van der Waals surface area contributed by atoms with Gasteiger partial charge in [0.05, 0.1) is 28.8 Å². The maximum Gasteiger partial charge on any atom is 0.149 e. The van der Waals surface area contributed by atoms with E-state index in [0.29, 0.717) is 11.4 Å². The van der Waals surface area contributed by atoms with Gasteiger partial charge in [0.25, 0.3) is 0 Å². The van der Waals surface area contributed by atoms with Crippen LogP contribution < -0.4 is 11.1 Å². The van der Waals surface area contributed by atoms with Gasteiger partial charge in [-0.15, -0.1) is 0 Å². The Labute approximate surface area is 114 Å². The normalized spacial score (nSPS) is 10.7. The average molecular weight is 271 g/mol. The average Bonchev–Trinajstić information content (AvgIpc) is 2.44. The van der Waals surface area contributed by atoms with Crippen molar-refractivity contribution in [1.82, 2.24) is 4.98 Å². The molecule has 2 aromatic carbocycles. The first-order valence-corrected chi connectivity index (χ1v) is 6.00. The second-order valence-corrected chi connectivity index (χ2v) is 4.35. The van der Waals surface area contributed by atoms with Gasteiger partial charge in [0.1, 0.15) is 11.6 Å². The number of hydrogen-bond acceptors (Lipinski definition) is 3. The molecule has 0 radical (unpaired) electrons. The summed E-state index contributed by atoms with van der Waals surface area (Å²) in [6.45, 7) is 0. The number of anilines is 3. The third-order valence-electron chi connectivity index (χ3n) is 3.00. The standard InChI is InChI=1S/C15H11F2N3/c16-9-5-6-14(11(17)7-9)20-15-10-3-1-2-4-13(10)19-8-12(15)18/h1-8H,18H2,(H,19,20). The van der Waals surface area contributed by atoms with Crippen LogP contribution in [0.5, 0.6) is 0 Å². The molecule has 20 heavy (non-hydrogen) atoms. The Morgan fingerprint density at radius 2 is 1.85 bits per heavy atom. The number of fused-ring (bicyclic) bond motifs is 1. The van der Waals surface area contributed by atoms with Crippen molar-refractivity contribution < 1.29 is 8.78 Å². The number of nitrogen functional groups attached to an aromatic ring is 1. The molecule has 100 valence electrons. The lowest BCUT2D eigenvalue weighted by molar-refractivity contribution is 0.586. The van der Waals surface area contributed by atoms with E-state index in [4.69, 9.17) is 5.73 Å². The van der Waals surface area contributed by atoms with Crippen LogP contribution in [-0.4, -0.2) is 4.98 Å². The molecule has 0 saturated heterocycles. The quantitative estimate of drug-likeness (QED) is 0.744. The van der Waals surface area contributed by atoms with Crippen LogP contribution in [0.1, 0.15) is 0 Å². The maximum atomic E-state index is 13.7. The molecule has 3 N–H and O–H groups in total. The van der Waals surface area contributed by atoms with Crippen LogP contribution >= 0.6 is 0 Å². The van der Waals surface area contributed by atoms with Gasteiger partial charge in [0.2, 0.25) is 0 Å². The van der Waals surface area contributed by atoms with Crippen LogP contribution in [0.3, 0.4) is 0 Å². The van der Waals surface area contributed by atoms with E-state index in [9.17, 15) is 8.78 Å². The third-order valence-corrected chi connectivity index (χ3v) is 3.00. The molecule has 0 atom stereocenters. The van der Waals surface area contributed by atoms with E-state index >= 15 is 0 Å². The molecule has 3 aromatic rings. The molecule has 0 aliphatic heterocycles. The molecule has 0 bridgehead atoms. The predicted molar refractivity (Wildman–Crippen MR) is 75.8 cm³/mol. The largest absolute Gasteiger partial charge is 0.396 e. The molecule has 0 fully saturated rings. The lowest BCUT2D eigenvalue weighted by Gasteiger charge is -2.12. The minimum atomic E-state index is -0.676. The first kappa shape index (κ1) is 12.3. The smallest absolute Gasteiger partial charge is 0.149 e. The minimum absolute atomic E-state index is 0.162. The highest BCUT2D eigenvalue weighted by atomic mass is 19.1. The van der Waals surface area contributed by atoms with E-state index < -0.39 is 11.6 Å². The molecule has 0 aliphatic carbocycles. The lowest BCUT2D eigenvalue weighted by atomic mass is 10.1. The molecule has 0 spiro atoms. The SMILES string of the molecule is Nc1cnc2ccccc2c1Nc1ccc(F)cc1F. The zero-order chi connectivity index (χ0) is 14.1. The summed E-state index contributed by atoms with van der Waals surface area (Å²) >= 11 is 0. The van der Waals surface area contributed by atoms with E-state index in [1.807, 2.05) is 24.3 Å². The second kappa shape index (κ2) is 4.77. The summed E-state index contributed by atoms with van der Waals surface area (Å²) < 4.78 is 26.6. The van der Waals surface area contributed by atoms with Crippen molar-refractivity contribution in [3.63, 3.8) is 0 Å². The molecule has 1 heterocycles. The fourth-order valence-corrected chi connectivity index (χ4v) is 2.02. The van der Waals surface area contributed by atoms with Crippen LogP contribution in [0.15, 0.2) is 48.7 Å². The summed E-state index contributed by atoms with van der Waals surface area (Å²) in [4.78, 5) is 4.20. The monoisotopic (exact) mass is 271 g/mol. The molecule has 3 rings (SSSR count). The van der Waals surface area contributed by atoms with Gasteiger partial charge < -0.3 is 11.1 Å². The molecular weight excluding hydrogens is 260 g/mol. The van der Waals surface area contributed by atoms with Crippen molar-refractivity contribution in [1.29, 1.82) is 0 Å². The van der Waals surface area contributed by atoms with Crippen molar-refractivity contribution in [2.24, 2.45) is 0 Å². The number of para-hydroxylation sites is 1. The summed E-state index contributed by atoms with van der Waals surface area (Å²) in [6, 6.07) is 10.7. The van der Waals surface area contributed by atoms with Crippen molar-refractivity contribution in [3.8, 4) is 0 Å². The van der Waals surface area contributed by atoms with Crippen LogP contribution in [0.2, 0.25) is 0 Å². The number of rotatable bonds is 2. The lowest BCUT2D eigenvalue weighted by Crippen LogP contribution is -2.00. The Morgan fingerprint density at radius 3 is 2.65 bits per heavy atom. The summed E-state index contributed by atoms with van der Waals surface area (Å²) in [5.74, 6) is -1.30. The first-order valence-electron chi connectivity index (χ1n) is 6.00. The number of nitrogens with one attached hydrogen (secondary N) is 1. The van der Waals surface area contributed by atoms with E-state index in [2.05, 4.69) is 10.3 Å². The van der Waals surface area contributed by atoms with Gasteiger partial charge in [-0.2, -0.15) is 0 Å². The molecule has 3 nitrogen and oxygen atoms in total. The number of halogens is 2. The highest BCUT2D eigenvalue weighted by Crippen LogP contribution is 2.31. The first-order chi connectivity index (χ1) is 9.65. The summed E-state index contributed by atoms with van der Waals surface area (Å²) in [5, 5.41) is 3.68. The Balaban J connectivity index is 2.12. The number of hydrogen-bond donors (Lipinski definition) is 2. The van der Waals surface area contributed by atoms with Gasteiger partial charge in [-0.25, -0.2) is 8.78 Å². The van der Waals surface area contributed by atoms with Crippen LogP contribution in [0, 0.1) is 11.6 Å². The van der Waals surface area contributed by atoms with Crippen molar-refractivity contribution in [2.45, 2.75) is 0 Å². The van der Waals surface area contributed by atoms with Crippen LogP contribution in [-0.2, 0) is 0 Å². The topological polar surface area (TPSA) is 50.9 Å². The van der Waals surface area contributed by atoms with Gasteiger partial charge >= 0.3 is 0 Å². The molecule has 0 unspecified atom stereocenters. The number of aromatic nitrogens is 1. The van der Waals surface area contributed by atoms with Gasteiger partial charge in [-0.1, -0.05) is 18.2 Å². The van der Waals surface area contributed by atoms with Crippen molar-refractivity contribution >= 4 is 28.0 Å². The van der Waals surface area contributed by atoms with Gasteiger partial charge in [-0.05, 0) is 18.2 Å². The number of pyridine rings is 1. The van der Waals surface area contributed by atoms with E-state index in [1.54, 1.807) is 0 Å². The molecule has 0 saturated carbocycles. The second-order valence-electron chi connectivity index (χ2n) is 4.35. The summed E-state index contributed by atoms with van der Waals surface area (Å²) in [6.07, 6.45) is 1.51. The van der Waals surface area contributed by atoms with Crippen molar-refractivity contribution in [3.05, 3.63) is 60.3 Å². The highest BCUT2D eigenvalue weighted by Gasteiger charge is 2.09. The molecular formula is C15H11F2N3. The molecule has 5 heteroatoms. The van der Waals surface area contributed by atoms with Gasteiger partial charge in [-0.3, -0.25) is 4.98 Å². The fourth-order valence-electron chi connectivity index (χ4n) is 2.02. The summed E-state index contributed by atoms with van der Waals surface area (Å²) in [7, 11) is 0. The van der Waals surface area contributed by atoms with Crippen LogP contribution in [0.25, 0.3) is 10.9 Å². The Kier molecular flexibility index (Phi) is 2.95. The predicted octanol–water partition coefficient (Wildman–Crippen LogP) is 3.84. The van der Waals surface area contributed by atoms with Gasteiger partial charge in [0.15, 0.2) is 0 Å². The zero-order valence-corrected chi connectivity index (χ0v) is 10.4. The highest BCUT2D eigenvalue weighted by molar-refractivity contribution is 5.98. The molecule has 0 amide bonds. The zero-order valence-electron chi connectivity index (χ0n) is 10.4. The Morgan fingerprint density at radius 1 is 1.05 bits per heavy atom. The van der Waals surface area contributed by atoms with Gasteiger partial charge in [0, 0.05) is 11.5 Å². The Hall–Kier alpha value is -2.69. The summed E-state index contributed by atoms with van der Waals surface area (Å²) in [5.41, 5.74) is 7.75. The molecule has 0 aliphatic rings. The minimum Gasteiger partial charge on any atom is -0.396 e. The Bertz CT molecular complexity index is 787. The third kappa shape index (κ3) is 2.14. The fraction of sp³-hybridized carbons (Fsp3) is 0. The molecule has 1 aromatic heterocycles. The van der Waals surface area contributed by atoms with Crippen molar-refractivity contribution in [2.75, 3.05) is 11.1 Å². The number of nitrogens with zero attached hydrogens (tertiary/aromatic N) is 1. The van der Waals surface area contributed by atoms with E-state index in [1.165, 1.54) is 18.3 Å².